The molecular weight excluding hydrogens is 386 g/mol. The Kier molecular flexibility index (Phi) is 14.4. The highest BCUT2D eigenvalue weighted by atomic mass is 31.2. The Balaban J connectivity index is 0. The second kappa shape index (κ2) is 13.2. The van der Waals surface area contributed by atoms with Crippen molar-refractivity contribution in [2.75, 3.05) is 47.3 Å². The first kappa shape index (κ1) is 26.2. The molecule has 0 amide bonds. The summed E-state index contributed by atoms with van der Waals surface area (Å²) in [5, 5.41) is 0. The van der Waals surface area contributed by atoms with Gasteiger partial charge in [-0.1, -0.05) is 0 Å². The highest BCUT2D eigenvalue weighted by Gasteiger charge is 2.34. The van der Waals surface area contributed by atoms with Gasteiger partial charge in [0, 0.05) is 14.2 Å². The van der Waals surface area contributed by atoms with E-state index in [-0.39, 0.29) is 19.8 Å². The number of hydrogen-bond acceptors (Lipinski definition) is 8. The van der Waals surface area contributed by atoms with Gasteiger partial charge in [0.2, 0.25) is 0 Å². The third-order valence-corrected chi connectivity index (χ3v) is 4.72. The molecule has 0 spiro atoms. The summed E-state index contributed by atoms with van der Waals surface area (Å²) in [6, 6.07) is 0. The lowest BCUT2D eigenvalue weighted by Gasteiger charge is -2.14. The van der Waals surface area contributed by atoms with E-state index in [0.717, 1.165) is 14.2 Å². The minimum Gasteiger partial charge on any atom is -0.290 e. The Bertz CT molecular complexity index is 389. The smallest absolute Gasteiger partial charge is 0.290 e. The van der Waals surface area contributed by atoms with Crippen LogP contribution in [0.3, 0.4) is 0 Å². The van der Waals surface area contributed by atoms with Gasteiger partial charge in [0.05, 0.1) is 19.8 Å². The third-order valence-electron chi connectivity index (χ3n) is 1.73. The fraction of sp³-hybridized carbons (Fsp3) is 1.00. The van der Waals surface area contributed by atoms with Crippen LogP contribution in [-0.2, 0) is 36.3 Å². The van der Waals surface area contributed by atoms with Crippen LogP contribution in [0.15, 0.2) is 0 Å². The molecule has 0 saturated heterocycles. The standard InChI is InChI=1S/C6H14FO4P.C4H8F3O4P/c1-3-9-12(8,10-4-2)11-6-5-7;1-9-12(8,10-2)11-3-4(5,6)7/h3-6H2,1-2H3;3H2,1-2H3. The van der Waals surface area contributed by atoms with E-state index in [9.17, 15) is 26.7 Å². The molecular formula is C10H22F4O8P2. The van der Waals surface area contributed by atoms with Crippen LogP contribution in [-0.4, -0.2) is 53.5 Å². The number of rotatable bonds is 11. The molecule has 0 radical (unpaired) electrons. The highest BCUT2D eigenvalue weighted by Crippen LogP contribution is 2.49. The number of phosphoric ester groups is 2. The van der Waals surface area contributed by atoms with E-state index in [1.54, 1.807) is 13.8 Å². The molecule has 0 unspecified atom stereocenters. The average Bonchev–Trinajstić information content (AvgIpc) is 2.51. The lowest BCUT2D eigenvalue weighted by Crippen LogP contribution is -2.16. The van der Waals surface area contributed by atoms with Gasteiger partial charge >= 0.3 is 21.8 Å². The fourth-order valence-corrected chi connectivity index (χ4v) is 2.72. The molecule has 0 fully saturated rings. The first-order chi connectivity index (χ1) is 11.0. The van der Waals surface area contributed by atoms with E-state index in [1.807, 2.05) is 0 Å². The van der Waals surface area contributed by atoms with Crippen LogP contribution in [0.25, 0.3) is 0 Å². The fourth-order valence-electron chi connectivity index (χ4n) is 0.907. The summed E-state index contributed by atoms with van der Waals surface area (Å²) in [6.45, 7) is 1.11. The van der Waals surface area contributed by atoms with Crippen LogP contribution >= 0.6 is 15.6 Å². The summed E-state index contributed by atoms with van der Waals surface area (Å²) in [7, 11) is -5.61. The van der Waals surface area contributed by atoms with Gasteiger partial charge in [-0.05, 0) is 13.8 Å². The quantitative estimate of drug-likeness (QED) is 0.373. The largest absolute Gasteiger partial charge is 0.474 e. The molecule has 0 N–H and O–H groups in total. The zero-order valence-corrected chi connectivity index (χ0v) is 15.5. The lowest BCUT2D eigenvalue weighted by molar-refractivity contribution is -0.157. The minimum atomic E-state index is -4.55. The highest BCUT2D eigenvalue weighted by molar-refractivity contribution is 7.48. The van der Waals surface area contributed by atoms with Crippen molar-refractivity contribution in [1.82, 2.24) is 0 Å². The monoisotopic (exact) mass is 408 g/mol. The zero-order valence-electron chi connectivity index (χ0n) is 13.7. The zero-order chi connectivity index (χ0) is 19.3. The Morgan fingerprint density at radius 1 is 0.833 bits per heavy atom. The molecule has 0 saturated carbocycles. The Hall–Kier alpha value is -0.0600. The second-order valence-electron chi connectivity index (χ2n) is 3.51. The molecule has 8 nitrogen and oxygen atoms in total. The van der Waals surface area contributed by atoms with Crippen LogP contribution in [0.1, 0.15) is 13.8 Å². The summed E-state index contributed by atoms with van der Waals surface area (Å²) in [5.41, 5.74) is 0. The number of hydrogen-bond donors (Lipinski definition) is 0. The number of phosphoric acid groups is 2. The lowest BCUT2D eigenvalue weighted by atomic mass is 10.7. The van der Waals surface area contributed by atoms with Gasteiger partial charge in [-0.3, -0.25) is 27.1 Å². The van der Waals surface area contributed by atoms with E-state index in [0.29, 0.717) is 0 Å². The molecule has 14 heteroatoms. The maximum atomic E-state index is 11.6. The summed E-state index contributed by atoms with van der Waals surface area (Å²) < 4.78 is 94.4. The summed E-state index contributed by atoms with van der Waals surface area (Å²) >= 11 is 0. The summed E-state index contributed by atoms with van der Waals surface area (Å²) in [6.07, 6.45) is -4.55. The molecule has 0 bridgehead atoms. The van der Waals surface area contributed by atoms with E-state index in [2.05, 4.69) is 18.1 Å². The van der Waals surface area contributed by atoms with E-state index in [1.165, 1.54) is 0 Å². The van der Waals surface area contributed by atoms with Gasteiger partial charge in [0.1, 0.15) is 6.67 Å². The van der Waals surface area contributed by atoms with Crippen molar-refractivity contribution in [2.24, 2.45) is 0 Å². The number of halogens is 4. The van der Waals surface area contributed by atoms with Crippen LogP contribution in [0.5, 0.6) is 0 Å². The van der Waals surface area contributed by atoms with Crippen molar-refractivity contribution in [2.45, 2.75) is 20.0 Å². The van der Waals surface area contributed by atoms with E-state index >= 15 is 0 Å². The molecule has 24 heavy (non-hydrogen) atoms. The van der Waals surface area contributed by atoms with Gasteiger partial charge in [0.25, 0.3) is 0 Å². The van der Waals surface area contributed by atoms with E-state index < -0.39 is 35.1 Å². The molecule has 0 heterocycles. The van der Waals surface area contributed by atoms with Crippen molar-refractivity contribution >= 4 is 15.6 Å². The van der Waals surface area contributed by atoms with Crippen molar-refractivity contribution < 1.29 is 53.8 Å². The molecule has 0 aliphatic carbocycles. The molecule has 0 atom stereocenters. The topological polar surface area (TPSA) is 89.5 Å². The Morgan fingerprint density at radius 2 is 1.29 bits per heavy atom. The van der Waals surface area contributed by atoms with Crippen molar-refractivity contribution in [3.8, 4) is 0 Å². The summed E-state index contributed by atoms with van der Waals surface area (Å²) in [4.78, 5) is 0. The predicted octanol–water partition coefficient (Wildman–Crippen LogP) is 4.12. The van der Waals surface area contributed by atoms with Crippen LogP contribution in [0.2, 0.25) is 0 Å². The molecule has 0 aliphatic rings. The van der Waals surface area contributed by atoms with Crippen molar-refractivity contribution in [3.63, 3.8) is 0 Å². The summed E-state index contributed by atoms with van der Waals surface area (Å²) in [5.74, 6) is 0. The van der Waals surface area contributed by atoms with Crippen LogP contribution < -0.4 is 0 Å². The van der Waals surface area contributed by atoms with E-state index in [4.69, 9.17) is 9.05 Å². The van der Waals surface area contributed by atoms with Crippen molar-refractivity contribution in [3.05, 3.63) is 0 Å². The maximum Gasteiger partial charge on any atom is 0.474 e. The Morgan fingerprint density at radius 3 is 1.58 bits per heavy atom. The molecule has 0 aromatic heterocycles. The molecule has 148 valence electrons. The minimum absolute atomic E-state index is 0.212. The SMILES string of the molecule is CCOP(=O)(OCC)OCCF.COP(=O)(OC)OCC(F)(F)F. The van der Waals surface area contributed by atoms with Gasteiger partial charge in [0.15, 0.2) is 6.61 Å². The molecule has 0 aliphatic heterocycles. The molecule has 0 rings (SSSR count). The Labute approximate surface area is 137 Å². The van der Waals surface area contributed by atoms with Crippen molar-refractivity contribution in [1.29, 1.82) is 0 Å². The normalized spacial score (nSPS) is 12.7. The first-order valence-corrected chi connectivity index (χ1v) is 9.45. The predicted molar refractivity (Wildman–Crippen MR) is 76.4 cm³/mol. The first-order valence-electron chi connectivity index (χ1n) is 6.53. The van der Waals surface area contributed by atoms with Gasteiger partial charge < -0.3 is 0 Å². The second-order valence-corrected chi connectivity index (χ2v) is 7.06. The van der Waals surface area contributed by atoms with Crippen LogP contribution in [0, 0.1) is 0 Å². The average molecular weight is 408 g/mol. The van der Waals surface area contributed by atoms with Gasteiger partial charge in [-0.25, -0.2) is 13.5 Å². The molecule has 0 aromatic carbocycles. The van der Waals surface area contributed by atoms with Gasteiger partial charge in [-0.15, -0.1) is 0 Å². The van der Waals surface area contributed by atoms with Crippen LogP contribution in [0.4, 0.5) is 17.6 Å². The maximum absolute atomic E-state index is 11.6. The third kappa shape index (κ3) is 14.3. The molecule has 0 aromatic rings. The van der Waals surface area contributed by atoms with Gasteiger partial charge in [-0.2, -0.15) is 13.2 Å². The number of alkyl halides is 4.